The molecule has 1 N–H and O–H groups in total. The fourth-order valence-electron chi connectivity index (χ4n) is 1.57. The Morgan fingerprint density at radius 2 is 1.95 bits per heavy atom. The average Bonchev–Trinajstić information content (AvgIpc) is 2.83. The predicted molar refractivity (Wildman–Crippen MR) is 75.3 cm³/mol. The third kappa shape index (κ3) is 3.75. The maximum Gasteiger partial charge on any atom is 0.143 e. The summed E-state index contributed by atoms with van der Waals surface area (Å²) >= 11 is 12.2. The molecule has 0 saturated carbocycles. The number of benzene rings is 1. The fraction of sp³-hybridized carbons (Fsp3) is 0.333. The molecule has 1 aromatic carbocycles. The summed E-state index contributed by atoms with van der Waals surface area (Å²) in [5.41, 5.74) is 3.98. The Bertz CT molecular complexity index is 543. The molecule has 0 aliphatic rings. The number of rotatable bonds is 5. The lowest BCUT2D eigenvalue weighted by Gasteiger charge is -2.17. The summed E-state index contributed by atoms with van der Waals surface area (Å²) in [5.74, 6) is 0.640. The van der Waals surface area contributed by atoms with Crippen LogP contribution in [0.25, 0.3) is 0 Å². The van der Waals surface area contributed by atoms with Gasteiger partial charge in [0.1, 0.15) is 18.4 Å². The van der Waals surface area contributed by atoms with Crippen molar-refractivity contribution < 1.29 is 4.74 Å². The zero-order valence-electron chi connectivity index (χ0n) is 10.6. The van der Waals surface area contributed by atoms with E-state index in [1.54, 1.807) is 23.4 Å². The van der Waals surface area contributed by atoms with Crippen LogP contribution in [0, 0.1) is 0 Å². The van der Waals surface area contributed by atoms with E-state index in [9.17, 15) is 0 Å². The zero-order valence-corrected chi connectivity index (χ0v) is 12.1. The van der Waals surface area contributed by atoms with Crippen molar-refractivity contribution in [1.82, 2.24) is 14.9 Å². The molecule has 0 aliphatic carbocycles. The van der Waals surface area contributed by atoms with E-state index in [2.05, 4.69) is 15.6 Å². The lowest BCUT2D eigenvalue weighted by Crippen LogP contribution is -2.15. The van der Waals surface area contributed by atoms with Gasteiger partial charge in [0.25, 0.3) is 0 Å². The van der Waals surface area contributed by atoms with Gasteiger partial charge in [-0.05, 0) is 26.0 Å². The van der Waals surface area contributed by atoms with E-state index >= 15 is 0 Å². The molecule has 0 unspecified atom stereocenters. The summed E-state index contributed by atoms with van der Waals surface area (Å²) in [7, 11) is 0. The third-order valence-corrected chi connectivity index (χ3v) is 2.81. The first kappa shape index (κ1) is 14.0. The lowest BCUT2D eigenvalue weighted by molar-refractivity contribution is 0.240. The van der Waals surface area contributed by atoms with Crippen LogP contribution >= 0.6 is 23.2 Å². The van der Waals surface area contributed by atoms with Crippen molar-refractivity contribution in [1.29, 1.82) is 0 Å². The van der Waals surface area contributed by atoms with E-state index in [4.69, 9.17) is 27.9 Å². The molecule has 0 fully saturated rings. The molecule has 0 saturated heterocycles. The molecule has 0 radical (unpaired) electrons. The molecule has 2 rings (SSSR count). The number of ether oxygens (including phenoxy) is 1. The van der Waals surface area contributed by atoms with E-state index < -0.39 is 0 Å². The molecule has 0 aliphatic heterocycles. The van der Waals surface area contributed by atoms with Crippen molar-refractivity contribution in [3.05, 3.63) is 40.4 Å². The fourth-order valence-corrected chi connectivity index (χ4v) is 2.15. The van der Waals surface area contributed by atoms with E-state index in [1.807, 2.05) is 19.9 Å². The summed E-state index contributed by atoms with van der Waals surface area (Å²) in [4.78, 5) is 0. The van der Waals surface area contributed by atoms with Crippen molar-refractivity contribution in [3.8, 4) is 5.75 Å². The minimum Gasteiger partial charge on any atom is -0.489 e. The highest BCUT2D eigenvalue weighted by Crippen LogP contribution is 2.33. The zero-order chi connectivity index (χ0) is 13.8. The molecular formula is C12H14Cl2N4O. The van der Waals surface area contributed by atoms with Crippen molar-refractivity contribution in [3.63, 3.8) is 0 Å². The Morgan fingerprint density at radius 1 is 1.26 bits per heavy atom. The Labute approximate surface area is 121 Å². The van der Waals surface area contributed by atoms with Gasteiger partial charge in [0.05, 0.1) is 17.7 Å². The number of aromatic nitrogens is 3. The number of hydrogen-bond donors (Lipinski definition) is 1. The van der Waals surface area contributed by atoms with Gasteiger partial charge in [0, 0.05) is 10.6 Å². The quantitative estimate of drug-likeness (QED) is 0.922. The Morgan fingerprint density at radius 3 is 2.58 bits per heavy atom. The topological polar surface area (TPSA) is 52.0 Å². The van der Waals surface area contributed by atoms with Gasteiger partial charge in [-0.2, -0.15) is 0 Å². The maximum absolute atomic E-state index is 6.17. The SMILES string of the molecule is CC(C)Oc1c(Cl)cc(Cl)cc1CNn1cnnc1. The second kappa shape index (κ2) is 6.12. The normalized spacial score (nSPS) is 10.8. The minimum absolute atomic E-state index is 0.0346. The summed E-state index contributed by atoms with van der Waals surface area (Å²) in [6, 6.07) is 3.49. The number of nitrogens with one attached hydrogen (secondary N) is 1. The van der Waals surface area contributed by atoms with Crippen LogP contribution < -0.4 is 10.2 Å². The summed E-state index contributed by atoms with van der Waals surface area (Å²) < 4.78 is 7.38. The van der Waals surface area contributed by atoms with Gasteiger partial charge in [-0.3, -0.25) is 0 Å². The Hall–Kier alpha value is -1.46. The molecule has 5 nitrogen and oxygen atoms in total. The van der Waals surface area contributed by atoms with E-state index in [0.29, 0.717) is 22.3 Å². The number of halogens is 2. The molecule has 1 heterocycles. The molecule has 19 heavy (non-hydrogen) atoms. The van der Waals surface area contributed by atoms with E-state index in [-0.39, 0.29) is 6.10 Å². The molecule has 0 bridgehead atoms. The highest BCUT2D eigenvalue weighted by molar-refractivity contribution is 6.35. The monoisotopic (exact) mass is 300 g/mol. The van der Waals surface area contributed by atoms with Crippen molar-refractivity contribution in [2.75, 3.05) is 5.43 Å². The van der Waals surface area contributed by atoms with Crippen LogP contribution in [0.1, 0.15) is 19.4 Å². The van der Waals surface area contributed by atoms with Crippen LogP contribution in [0.15, 0.2) is 24.8 Å². The highest BCUT2D eigenvalue weighted by Gasteiger charge is 2.12. The largest absolute Gasteiger partial charge is 0.489 e. The van der Waals surface area contributed by atoms with Gasteiger partial charge in [0.15, 0.2) is 0 Å². The number of nitrogens with zero attached hydrogens (tertiary/aromatic N) is 3. The molecule has 0 spiro atoms. The molecule has 102 valence electrons. The second-order valence-corrected chi connectivity index (χ2v) is 5.09. The van der Waals surface area contributed by atoms with Crippen LogP contribution in [0.4, 0.5) is 0 Å². The average molecular weight is 301 g/mol. The van der Waals surface area contributed by atoms with Gasteiger partial charge in [-0.15, -0.1) is 10.2 Å². The molecular weight excluding hydrogens is 287 g/mol. The van der Waals surface area contributed by atoms with Gasteiger partial charge < -0.3 is 10.2 Å². The first-order valence-electron chi connectivity index (χ1n) is 5.79. The van der Waals surface area contributed by atoms with Crippen LogP contribution in [0.3, 0.4) is 0 Å². The summed E-state index contributed by atoms with van der Waals surface area (Å²) in [6.07, 6.45) is 3.16. The van der Waals surface area contributed by atoms with Gasteiger partial charge in [-0.25, -0.2) is 4.68 Å². The highest BCUT2D eigenvalue weighted by atomic mass is 35.5. The Balaban J connectivity index is 2.21. The van der Waals surface area contributed by atoms with Crippen molar-refractivity contribution in [2.45, 2.75) is 26.5 Å². The van der Waals surface area contributed by atoms with Crippen LogP contribution in [0.5, 0.6) is 5.75 Å². The minimum atomic E-state index is 0.0346. The van der Waals surface area contributed by atoms with Crippen LogP contribution in [-0.4, -0.2) is 21.0 Å². The first-order valence-corrected chi connectivity index (χ1v) is 6.55. The lowest BCUT2D eigenvalue weighted by atomic mass is 10.2. The molecule has 1 aromatic heterocycles. The van der Waals surface area contributed by atoms with Crippen LogP contribution in [-0.2, 0) is 6.54 Å². The van der Waals surface area contributed by atoms with Crippen molar-refractivity contribution >= 4 is 23.2 Å². The number of hydrogen-bond acceptors (Lipinski definition) is 4. The van der Waals surface area contributed by atoms with Gasteiger partial charge in [0.2, 0.25) is 0 Å². The molecule has 2 aromatic rings. The van der Waals surface area contributed by atoms with Crippen molar-refractivity contribution in [2.24, 2.45) is 0 Å². The van der Waals surface area contributed by atoms with E-state index in [0.717, 1.165) is 5.56 Å². The standard InChI is InChI=1S/C12H14Cl2N4O/c1-8(2)19-12-9(3-10(13)4-11(12)14)5-17-18-6-15-16-7-18/h3-4,6-8,17H,5H2,1-2H3. The third-order valence-electron chi connectivity index (χ3n) is 2.31. The summed E-state index contributed by atoms with van der Waals surface area (Å²) in [5, 5.41) is 8.49. The predicted octanol–water partition coefficient (Wildman–Crippen LogP) is 3.12. The molecule has 7 heteroatoms. The van der Waals surface area contributed by atoms with Gasteiger partial charge >= 0.3 is 0 Å². The smallest absolute Gasteiger partial charge is 0.143 e. The molecule has 0 amide bonds. The molecule has 0 atom stereocenters. The Kier molecular flexibility index (Phi) is 4.50. The first-order chi connectivity index (χ1) is 9.06. The van der Waals surface area contributed by atoms with Crippen LogP contribution in [0.2, 0.25) is 10.0 Å². The summed E-state index contributed by atoms with van der Waals surface area (Å²) in [6.45, 7) is 4.39. The van der Waals surface area contributed by atoms with Gasteiger partial charge in [-0.1, -0.05) is 23.2 Å². The maximum atomic E-state index is 6.17. The van der Waals surface area contributed by atoms with E-state index in [1.165, 1.54) is 0 Å². The second-order valence-electron chi connectivity index (χ2n) is 4.25.